The van der Waals surface area contributed by atoms with Crippen molar-refractivity contribution in [1.29, 1.82) is 0 Å². The van der Waals surface area contributed by atoms with E-state index >= 15 is 0 Å². The zero-order chi connectivity index (χ0) is 18.8. The molecule has 26 heavy (non-hydrogen) atoms. The van der Waals surface area contributed by atoms with Crippen LogP contribution >= 0.6 is 11.6 Å². The second-order valence-electron chi connectivity index (χ2n) is 6.17. The molecular weight excluding hydrogens is 354 g/mol. The zero-order valence-electron chi connectivity index (χ0n) is 14.5. The van der Waals surface area contributed by atoms with E-state index < -0.39 is 0 Å². The van der Waals surface area contributed by atoms with Crippen LogP contribution in [0.1, 0.15) is 15.9 Å². The third-order valence-corrected chi connectivity index (χ3v) is 4.61. The van der Waals surface area contributed by atoms with E-state index in [0.29, 0.717) is 22.0 Å². The zero-order valence-corrected chi connectivity index (χ0v) is 15.2. The quantitative estimate of drug-likeness (QED) is 0.901. The Morgan fingerprint density at radius 1 is 1.19 bits per heavy atom. The molecule has 0 fully saturated rings. The molecule has 0 saturated heterocycles. The lowest BCUT2D eigenvalue weighted by Gasteiger charge is -2.21. The number of amides is 3. The second kappa shape index (κ2) is 7.17. The number of halogens is 1. The minimum absolute atomic E-state index is 0.0862. The van der Waals surface area contributed by atoms with Crippen molar-refractivity contribution in [3.8, 4) is 0 Å². The van der Waals surface area contributed by atoms with Crippen molar-refractivity contribution in [3.63, 3.8) is 0 Å². The van der Waals surface area contributed by atoms with Crippen LogP contribution in [-0.2, 0) is 9.59 Å². The molecule has 6 nitrogen and oxygen atoms in total. The summed E-state index contributed by atoms with van der Waals surface area (Å²) in [7, 11) is 1.56. The first-order chi connectivity index (χ1) is 12.4. The number of anilines is 2. The molecule has 3 amide bonds. The number of likely N-dealkylation sites (N-methyl/N-ethyl adjacent to an activating group) is 1. The Kier molecular flexibility index (Phi) is 4.95. The highest BCUT2D eigenvalue weighted by Crippen LogP contribution is 2.25. The van der Waals surface area contributed by atoms with Gasteiger partial charge in [-0.25, -0.2) is 0 Å². The van der Waals surface area contributed by atoms with Crippen molar-refractivity contribution in [3.05, 3.63) is 58.6 Å². The van der Waals surface area contributed by atoms with Crippen molar-refractivity contribution in [2.75, 3.05) is 30.4 Å². The summed E-state index contributed by atoms with van der Waals surface area (Å²) in [4.78, 5) is 40.1. The molecular formula is C19H18ClN3O3. The minimum Gasteiger partial charge on any atom is -0.332 e. The summed E-state index contributed by atoms with van der Waals surface area (Å²) >= 11 is 6.07. The van der Waals surface area contributed by atoms with E-state index in [1.165, 1.54) is 9.80 Å². The highest BCUT2D eigenvalue weighted by atomic mass is 35.5. The van der Waals surface area contributed by atoms with Crippen LogP contribution in [0.2, 0.25) is 5.02 Å². The van der Waals surface area contributed by atoms with E-state index in [9.17, 15) is 14.4 Å². The number of rotatable bonds is 3. The third-order valence-electron chi connectivity index (χ3n) is 4.20. The molecule has 7 heteroatoms. The molecule has 0 radical (unpaired) electrons. The van der Waals surface area contributed by atoms with Gasteiger partial charge < -0.3 is 15.1 Å². The molecule has 2 aromatic carbocycles. The van der Waals surface area contributed by atoms with Crippen LogP contribution in [0.5, 0.6) is 0 Å². The van der Waals surface area contributed by atoms with Crippen LogP contribution in [-0.4, -0.2) is 42.8 Å². The molecule has 0 spiro atoms. The maximum Gasteiger partial charge on any atom is 0.256 e. The number of aryl methyl sites for hydroxylation is 1. The Hall–Kier alpha value is -2.86. The molecule has 0 saturated carbocycles. The van der Waals surface area contributed by atoms with Crippen molar-refractivity contribution in [2.45, 2.75) is 6.92 Å². The molecule has 1 N–H and O–H groups in total. The fourth-order valence-corrected chi connectivity index (χ4v) is 2.96. The minimum atomic E-state index is -0.370. The van der Waals surface area contributed by atoms with Gasteiger partial charge in [0.25, 0.3) is 5.91 Å². The van der Waals surface area contributed by atoms with E-state index in [2.05, 4.69) is 5.32 Å². The first-order valence-corrected chi connectivity index (χ1v) is 8.45. The Bertz CT molecular complexity index is 897. The van der Waals surface area contributed by atoms with E-state index in [-0.39, 0.29) is 30.8 Å². The SMILES string of the molecule is Cc1ccc(NC(=O)CN2C(=O)CN(C)C(=O)c3ccccc32)cc1Cl. The normalized spacial score (nSPS) is 14.1. The summed E-state index contributed by atoms with van der Waals surface area (Å²) in [5.41, 5.74) is 2.29. The monoisotopic (exact) mass is 371 g/mol. The average molecular weight is 372 g/mol. The number of benzene rings is 2. The Labute approximate surface area is 156 Å². The maximum atomic E-state index is 12.6. The van der Waals surface area contributed by atoms with Gasteiger partial charge in [0.15, 0.2) is 0 Å². The fraction of sp³-hybridized carbons (Fsp3) is 0.211. The lowest BCUT2D eigenvalue weighted by molar-refractivity contribution is -0.121. The van der Waals surface area contributed by atoms with E-state index in [4.69, 9.17) is 11.6 Å². The van der Waals surface area contributed by atoms with Gasteiger partial charge in [-0.15, -0.1) is 0 Å². The number of fused-ring (bicyclic) bond motifs is 1. The predicted molar refractivity (Wildman–Crippen MR) is 101 cm³/mol. The van der Waals surface area contributed by atoms with Crippen LogP contribution in [0.4, 0.5) is 11.4 Å². The smallest absolute Gasteiger partial charge is 0.256 e. The summed E-state index contributed by atoms with van der Waals surface area (Å²) in [6.07, 6.45) is 0. The number of nitrogens with zero attached hydrogens (tertiary/aromatic N) is 2. The highest BCUT2D eigenvalue weighted by Gasteiger charge is 2.30. The van der Waals surface area contributed by atoms with Crippen LogP contribution in [0.15, 0.2) is 42.5 Å². The molecule has 3 rings (SSSR count). The van der Waals surface area contributed by atoms with Gasteiger partial charge in [0.2, 0.25) is 11.8 Å². The van der Waals surface area contributed by atoms with Gasteiger partial charge >= 0.3 is 0 Å². The molecule has 0 aliphatic carbocycles. The molecule has 0 bridgehead atoms. The van der Waals surface area contributed by atoms with E-state index in [0.717, 1.165) is 5.56 Å². The Morgan fingerprint density at radius 3 is 2.65 bits per heavy atom. The van der Waals surface area contributed by atoms with Crippen LogP contribution in [0, 0.1) is 6.92 Å². The van der Waals surface area contributed by atoms with Crippen LogP contribution < -0.4 is 10.2 Å². The average Bonchev–Trinajstić information content (AvgIpc) is 2.69. The summed E-state index contributed by atoms with van der Waals surface area (Å²) < 4.78 is 0. The summed E-state index contributed by atoms with van der Waals surface area (Å²) in [5, 5.41) is 3.28. The van der Waals surface area contributed by atoms with Gasteiger partial charge in [0.05, 0.1) is 11.3 Å². The number of carbonyl (C=O) groups is 3. The van der Waals surface area contributed by atoms with Crippen LogP contribution in [0.25, 0.3) is 0 Å². The topological polar surface area (TPSA) is 69.7 Å². The van der Waals surface area contributed by atoms with Gasteiger partial charge in [-0.2, -0.15) is 0 Å². The summed E-state index contributed by atoms with van der Waals surface area (Å²) in [5.74, 6) is -0.935. The third kappa shape index (κ3) is 3.55. The summed E-state index contributed by atoms with van der Waals surface area (Å²) in [6, 6.07) is 12.0. The molecule has 1 aliphatic rings. The van der Waals surface area contributed by atoms with Gasteiger partial charge in [-0.05, 0) is 36.8 Å². The standard InChI is InChI=1S/C19H18ClN3O3/c1-12-7-8-13(9-15(12)20)21-17(24)10-23-16-6-4-3-5-14(16)19(26)22(2)11-18(23)25/h3-9H,10-11H2,1-2H3,(H,21,24). The molecule has 0 aromatic heterocycles. The number of hydrogen-bond acceptors (Lipinski definition) is 3. The van der Waals surface area contributed by atoms with Crippen molar-refractivity contribution in [2.24, 2.45) is 0 Å². The van der Waals surface area contributed by atoms with E-state index in [1.54, 1.807) is 49.5 Å². The van der Waals surface area contributed by atoms with Crippen molar-refractivity contribution < 1.29 is 14.4 Å². The molecule has 0 atom stereocenters. The first kappa shape index (κ1) is 17.9. The number of nitrogens with one attached hydrogen (secondary N) is 1. The van der Waals surface area contributed by atoms with E-state index in [1.807, 2.05) is 6.92 Å². The van der Waals surface area contributed by atoms with Crippen molar-refractivity contribution >= 4 is 40.7 Å². The lowest BCUT2D eigenvalue weighted by atomic mass is 10.1. The second-order valence-corrected chi connectivity index (χ2v) is 6.58. The largest absolute Gasteiger partial charge is 0.332 e. The predicted octanol–water partition coefficient (Wildman–Crippen LogP) is 2.71. The Morgan fingerprint density at radius 2 is 1.92 bits per heavy atom. The molecule has 1 heterocycles. The number of carbonyl (C=O) groups excluding carboxylic acids is 3. The first-order valence-electron chi connectivity index (χ1n) is 8.07. The Balaban J connectivity index is 1.84. The molecule has 134 valence electrons. The molecule has 2 aromatic rings. The molecule has 1 aliphatic heterocycles. The maximum absolute atomic E-state index is 12.6. The van der Waals surface area contributed by atoms with Crippen molar-refractivity contribution in [1.82, 2.24) is 4.90 Å². The number of para-hydroxylation sites is 1. The van der Waals surface area contributed by atoms with Gasteiger partial charge in [-0.1, -0.05) is 29.8 Å². The molecule has 0 unspecified atom stereocenters. The van der Waals surface area contributed by atoms with Gasteiger partial charge in [0, 0.05) is 17.8 Å². The lowest BCUT2D eigenvalue weighted by Crippen LogP contribution is -2.41. The summed E-state index contributed by atoms with van der Waals surface area (Å²) in [6.45, 7) is 1.59. The highest BCUT2D eigenvalue weighted by molar-refractivity contribution is 6.31. The van der Waals surface area contributed by atoms with Gasteiger partial charge in [-0.3, -0.25) is 14.4 Å². The van der Waals surface area contributed by atoms with Gasteiger partial charge in [0.1, 0.15) is 13.1 Å². The van der Waals surface area contributed by atoms with Crippen LogP contribution in [0.3, 0.4) is 0 Å². The number of hydrogen-bond donors (Lipinski definition) is 1. The fourth-order valence-electron chi connectivity index (χ4n) is 2.78.